The number of benzene rings is 1. The number of halogens is 1. The topological polar surface area (TPSA) is 60.0 Å². The highest BCUT2D eigenvalue weighted by molar-refractivity contribution is 14.1. The molecule has 1 aromatic carbocycles. The van der Waals surface area contributed by atoms with Crippen LogP contribution in [0.4, 0.5) is 11.4 Å². The first-order chi connectivity index (χ1) is 8.06. The van der Waals surface area contributed by atoms with Crippen LogP contribution in [0, 0.1) is 3.57 Å². The van der Waals surface area contributed by atoms with Gasteiger partial charge in [-0.05, 0) is 46.9 Å². The number of carbonyl (C=O) groups is 1. The molecule has 1 heterocycles. The number of carbonyl (C=O) groups excluding carboxylic acids is 1. The van der Waals surface area contributed by atoms with Gasteiger partial charge in [-0.1, -0.05) is 6.07 Å². The van der Waals surface area contributed by atoms with Crippen molar-refractivity contribution in [3.8, 4) is 0 Å². The van der Waals surface area contributed by atoms with Crippen molar-refractivity contribution in [1.29, 1.82) is 0 Å². The fourth-order valence-electron chi connectivity index (χ4n) is 1.58. The molecule has 0 saturated heterocycles. The minimum absolute atomic E-state index is 0.161. The van der Waals surface area contributed by atoms with Gasteiger partial charge < -0.3 is 15.6 Å². The average Bonchev–Trinajstić information content (AvgIpc) is 2.58. The Morgan fingerprint density at radius 3 is 2.76 bits per heavy atom. The van der Waals surface area contributed by atoms with Gasteiger partial charge in [0.15, 0.2) is 0 Å². The van der Waals surface area contributed by atoms with Crippen molar-refractivity contribution in [3.05, 3.63) is 45.8 Å². The van der Waals surface area contributed by atoms with Crippen LogP contribution in [0.1, 0.15) is 10.5 Å². The lowest BCUT2D eigenvalue weighted by molar-refractivity contribution is 0.101. The van der Waals surface area contributed by atoms with Gasteiger partial charge in [0.25, 0.3) is 5.91 Å². The first kappa shape index (κ1) is 12.0. The number of amides is 1. The molecular weight excluding hydrogens is 329 g/mol. The molecule has 0 spiro atoms. The van der Waals surface area contributed by atoms with Crippen molar-refractivity contribution in [1.82, 2.24) is 4.57 Å². The van der Waals surface area contributed by atoms with E-state index in [0.29, 0.717) is 11.4 Å². The molecule has 0 unspecified atom stereocenters. The second kappa shape index (κ2) is 4.79. The second-order valence-electron chi connectivity index (χ2n) is 3.73. The number of aromatic nitrogens is 1. The van der Waals surface area contributed by atoms with E-state index in [2.05, 4.69) is 27.9 Å². The predicted octanol–water partition coefficient (Wildman–Crippen LogP) is 2.46. The lowest BCUT2D eigenvalue weighted by atomic mass is 10.3. The van der Waals surface area contributed by atoms with Crippen LogP contribution in [0.25, 0.3) is 0 Å². The molecule has 0 bridgehead atoms. The molecule has 4 nitrogen and oxygen atoms in total. The van der Waals surface area contributed by atoms with E-state index in [4.69, 9.17) is 5.73 Å². The lowest BCUT2D eigenvalue weighted by Gasteiger charge is -2.06. The molecule has 2 rings (SSSR count). The second-order valence-corrected chi connectivity index (χ2v) is 4.98. The SMILES string of the molecule is Cn1cc(N)cc1C(=O)Nc1cccc(I)c1. The summed E-state index contributed by atoms with van der Waals surface area (Å²) >= 11 is 2.20. The van der Waals surface area contributed by atoms with Crippen LogP contribution in [0.2, 0.25) is 0 Å². The van der Waals surface area contributed by atoms with E-state index in [1.165, 1.54) is 0 Å². The maximum atomic E-state index is 12.0. The summed E-state index contributed by atoms with van der Waals surface area (Å²) in [7, 11) is 1.79. The molecule has 0 radical (unpaired) electrons. The molecule has 88 valence electrons. The number of nitrogen functional groups attached to an aromatic ring is 1. The lowest BCUT2D eigenvalue weighted by Crippen LogP contribution is -2.15. The Labute approximate surface area is 113 Å². The Balaban J connectivity index is 2.20. The van der Waals surface area contributed by atoms with Crippen molar-refractivity contribution in [2.24, 2.45) is 7.05 Å². The molecule has 5 heteroatoms. The normalized spacial score (nSPS) is 10.2. The van der Waals surface area contributed by atoms with Crippen molar-refractivity contribution in [3.63, 3.8) is 0 Å². The van der Waals surface area contributed by atoms with Crippen LogP contribution >= 0.6 is 22.6 Å². The molecule has 0 fully saturated rings. The Bertz CT molecular complexity index is 563. The zero-order valence-corrected chi connectivity index (χ0v) is 11.4. The van der Waals surface area contributed by atoms with Crippen molar-refractivity contribution in [2.45, 2.75) is 0 Å². The fourth-order valence-corrected chi connectivity index (χ4v) is 2.12. The third kappa shape index (κ3) is 2.79. The minimum Gasteiger partial charge on any atom is -0.397 e. The molecule has 0 aliphatic carbocycles. The summed E-state index contributed by atoms with van der Waals surface area (Å²) in [5.74, 6) is -0.161. The number of anilines is 2. The highest BCUT2D eigenvalue weighted by atomic mass is 127. The number of aryl methyl sites for hydroxylation is 1. The molecule has 0 aliphatic rings. The first-order valence-corrected chi connectivity index (χ1v) is 6.13. The van der Waals surface area contributed by atoms with Gasteiger partial charge >= 0.3 is 0 Å². The van der Waals surface area contributed by atoms with Gasteiger partial charge in [0.2, 0.25) is 0 Å². The van der Waals surface area contributed by atoms with E-state index in [-0.39, 0.29) is 5.91 Å². The highest BCUT2D eigenvalue weighted by Crippen LogP contribution is 2.15. The van der Waals surface area contributed by atoms with E-state index in [0.717, 1.165) is 9.26 Å². The number of nitrogens with one attached hydrogen (secondary N) is 1. The minimum atomic E-state index is -0.161. The van der Waals surface area contributed by atoms with Crippen molar-refractivity contribution >= 4 is 39.9 Å². The Hall–Kier alpha value is -1.50. The van der Waals surface area contributed by atoms with Crippen LogP contribution < -0.4 is 11.1 Å². The van der Waals surface area contributed by atoms with E-state index in [1.807, 2.05) is 24.3 Å². The van der Waals surface area contributed by atoms with Crippen molar-refractivity contribution in [2.75, 3.05) is 11.1 Å². The Morgan fingerprint density at radius 2 is 2.18 bits per heavy atom. The van der Waals surface area contributed by atoms with Gasteiger partial charge in [-0.2, -0.15) is 0 Å². The summed E-state index contributed by atoms with van der Waals surface area (Å²) in [6, 6.07) is 9.29. The van der Waals surface area contributed by atoms with Gasteiger partial charge in [0.05, 0.1) is 5.69 Å². The monoisotopic (exact) mass is 341 g/mol. The van der Waals surface area contributed by atoms with Crippen molar-refractivity contribution < 1.29 is 4.79 Å². The number of hydrogen-bond donors (Lipinski definition) is 2. The largest absolute Gasteiger partial charge is 0.397 e. The maximum Gasteiger partial charge on any atom is 0.272 e. The van der Waals surface area contributed by atoms with Crippen LogP contribution in [0.15, 0.2) is 36.5 Å². The Morgan fingerprint density at radius 1 is 1.41 bits per heavy atom. The average molecular weight is 341 g/mol. The molecule has 17 heavy (non-hydrogen) atoms. The highest BCUT2D eigenvalue weighted by Gasteiger charge is 2.10. The van der Waals surface area contributed by atoms with Crippen LogP contribution in [0.3, 0.4) is 0 Å². The zero-order chi connectivity index (χ0) is 12.4. The van der Waals surface area contributed by atoms with Gasteiger partial charge in [0.1, 0.15) is 5.69 Å². The molecule has 0 aliphatic heterocycles. The van der Waals surface area contributed by atoms with E-state index in [9.17, 15) is 4.79 Å². The molecule has 1 amide bonds. The molecule has 1 aromatic heterocycles. The standard InChI is InChI=1S/C12H12IN3O/c1-16-7-9(14)6-11(16)12(17)15-10-4-2-3-8(13)5-10/h2-7H,14H2,1H3,(H,15,17). The fraction of sp³-hybridized carbons (Fsp3) is 0.0833. The van der Waals surface area contributed by atoms with Crippen LogP contribution in [-0.2, 0) is 7.05 Å². The van der Waals surface area contributed by atoms with Gasteiger partial charge in [-0.3, -0.25) is 4.79 Å². The molecular formula is C12H12IN3O. The van der Waals surface area contributed by atoms with Crippen LogP contribution in [0.5, 0.6) is 0 Å². The third-order valence-corrected chi connectivity index (χ3v) is 3.01. The summed E-state index contributed by atoms with van der Waals surface area (Å²) in [4.78, 5) is 12.0. The molecule has 2 aromatic rings. The number of rotatable bonds is 2. The smallest absolute Gasteiger partial charge is 0.272 e. The third-order valence-electron chi connectivity index (χ3n) is 2.34. The van der Waals surface area contributed by atoms with Gasteiger partial charge in [0, 0.05) is 22.5 Å². The van der Waals surface area contributed by atoms with Crippen LogP contribution in [-0.4, -0.2) is 10.5 Å². The maximum absolute atomic E-state index is 12.0. The molecule has 0 atom stereocenters. The van der Waals surface area contributed by atoms with Gasteiger partial charge in [-0.25, -0.2) is 0 Å². The summed E-state index contributed by atoms with van der Waals surface area (Å²) in [6.45, 7) is 0. The predicted molar refractivity (Wildman–Crippen MR) is 76.9 cm³/mol. The van der Waals surface area contributed by atoms with Gasteiger partial charge in [-0.15, -0.1) is 0 Å². The summed E-state index contributed by atoms with van der Waals surface area (Å²) < 4.78 is 2.78. The summed E-state index contributed by atoms with van der Waals surface area (Å²) in [5, 5.41) is 2.83. The quantitative estimate of drug-likeness (QED) is 0.825. The number of nitrogens with two attached hydrogens (primary N) is 1. The summed E-state index contributed by atoms with van der Waals surface area (Å²) in [5.41, 5.74) is 7.54. The molecule has 0 saturated carbocycles. The number of nitrogens with zero attached hydrogens (tertiary/aromatic N) is 1. The van der Waals surface area contributed by atoms with E-state index in [1.54, 1.807) is 23.9 Å². The first-order valence-electron chi connectivity index (χ1n) is 5.05. The van der Waals surface area contributed by atoms with E-state index < -0.39 is 0 Å². The Kier molecular flexibility index (Phi) is 3.37. The zero-order valence-electron chi connectivity index (χ0n) is 9.27. The number of hydrogen-bond acceptors (Lipinski definition) is 2. The summed E-state index contributed by atoms with van der Waals surface area (Å²) in [6.07, 6.45) is 1.71. The molecule has 3 N–H and O–H groups in total. The van der Waals surface area contributed by atoms with E-state index >= 15 is 0 Å².